The van der Waals surface area contributed by atoms with Crippen LogP contribution >= 0.6 is 0 Å². The molecule has 0 N–H and O–H groups in total. The van der Waals surface area contributed by atoms with Gasteiger partial charge in [-0.3, -0.25) is 0 Å². The van der Waals surface area contributed by atoms with E-state index < -0.39 is 0 Å². The van der Waals surface area contributed by atoms with E-state index in [1.54, 1.807) is 0 Å². The Labute approximate surface area is 360 Å². The van der Waals surface area contributed by atoms with Crippen molar-refractivity contribution in [2.45, 2.75) is 0 Å². The Morgan fingerprint density at radius 1 is 0.226 bits per heavy atom. The van der Waals surface area contributed by atoms with Crippen molar-refractivity contribution >= 4 is 43.6 Å². The smallest absolute Gasteiger partial charge is 0.0715 e. The Morgan fingerprint density at radius 2 is 0.677 bits per heavy atom. The van der Waals surface area contributed by atoms with Crippen LogP contribution in [0.25, 0.3) is 111 Å². The third kappa shape index (κ3) is 6.10. The number of pyridine rings is 1. The van der Waals surface area contributed by atoms with Crippen molar-refractivity contribution in [2.24, 2.45) is 0 Å². The predicted octanol–water partition coefficient (Wildman–Crippen LogP) is 15.6. The van der Waals surface area contributed by atoms with E-state index in [9.17, 15) is 0 Å². The summed E-state index contributed by atoms with van der Waals surface area (Å²) in [6.45, 7) is 0. The van der Waals surface area contributed by atoms with Crippen LogP contribution < -0.4 is 0 Å². The lowest BCUT2D eigenvalue weighted by Crippen LogP contribution is -1.95. The SMILES string of the molecule is c1ccc(-c2cccc(-n3c4ccccc4c4cc(-c5ccc6c7ccccc7n(-c7ccc(-c8cc(-c9ccccc9)nc(-c9ccccc9)c8)cc7)c6c5)ccc43)c2)cc1. The van der Waals surface area contributed by atoms with Crippen LogP contribution in [0.4, 0.5) is 0 Å². The van der Waals surface area contributed by atoms with Gasteiger partial charge in [0.2, 0.25) is 0 Å². The van der Waals surface area contributed by atoms with Crippen molar-refractivity contribution < 1.29 is 0 Å². The maximum Gasteiger partial charge on any atom is 0.0715 e. The van der Waals surface area contributed by atoms with Crippen LogP contribution in [0.2, 0.25) is 0 Å². The van der Waals surface area contributed by atoms with Crippen LogP contribution in [-0.2, 0) is 0 Å². The second-order valence-corrected chi connectivity index (χ2v) is 16.0. The lowest BCUT2D eigenvalue weighted by atomic mass is 9.99. The summed E-state index contributed by atoms with van der Waals surface area (Å²) >= 11 is 0. The summed E-state index contributed by atoms with van der Waals surface area (Å²) in [4.78, 5) is 5.11. The van der Waals surface area contributed by atoms with E-state index in [-0.39, 0.29) is 0 Å². The largest absolute Gasteiger partial charge is 0.309 e. The molecule has 0 atom stereocenters. The Bertz CT molecular complexity index is 3540. The van der Waals surface area contributed by atoms with Gasteiger partial charge in [0.05, 0.1) is 33.5 Å². The predicted molar refractivity (Wildman–Crippen MR) is 260 cm³/mol. The molecule has 12 rings (SSSR count). The van der Waals surface area contributed by atoms with Crippen molar-refractivity contribution in [1.82, 2.24) is 14.1 Å². The number of nitrogens with zero attached hydrogens (tertiary/aromatic N) is 3. The number of benzene rings is 9. The fourth-order valence-corrected chi connectivity index (χ4v) is 9.33. The third-order valence-electron chi connectivity index (χ3n) is 12.3. The van der Waals surface area contributed by atoms with E-state index >= 15 is 0 Å². The molecular weight excluding hydrogens is 751 g/mol. The molecule has 0 saturated carbocycles. The molecule has 0 spiro atoms. The van der Waals surface area contributed by atoms with Crippen LogP contribution in [-0.4, -0.2) is 14.1 Å². The molecule has 0 aliphatic heterocycles. The zero-order valence-corrected chi connectivity index (χ0v) is 33.9. The Kier molecular flexibility index (Phi) is 8.50. The summed E-state index contributed by atoms with van der Waals surface area (Å²) < 4.78 is 4.82. The highest BCUT2D eigenvalue weighted by atomic mass is 15.0. The minimum atomic E-state index is 0.959. The van der Waals surface area contributed by atoms with E-state index in [0.717, 1.165) is 45.0 Å². The molecule has 3 heterocycles. The molecule has 62 heavy (non-hydrogen) atoms. The highest BCUT2D eigenvalue weighted by Gasteiger charge is 2.17. The molecule has 290 valence electrons. The zero-order chi connectivity index (χ0) is 41.0. The first-order valence-corrected chi connectivity index (χ1v) is 21.2. The fourth-order valence-electron chi connectivity index (χ4n) is 9.33. The standard InChI is InChI=1S/C59H39N3/c1-4-15-40(16-5-1)44-21-14-22-49(35-44)62-57-26-13-11-24-51(57)53-36-45(30-34-58(53)62)46-29-33-52-50-23-10-12-25-56(50)61(59(52)39-46)48-31-27-41(28-32-48)47-37-54(42-17-6-2-7-18-42)60-55(38-47)43-19-8-3-9-20-43/h1-39H. The average molecular weight is 790 g/mol. The van der Waals surface area contributed by atoms with Gasteiger partial charge < -0.3 is 9.13 Å². The molecule has 0 radical (unpaired) electrons. The fraction of sp³-hybridized carbons (Fsp3) is 0. The Balaban J connectivity index is 0.963. The van der Waals surface area contributed by atoms with Gasteiger partial charge in [0.25, 0.3) is 0 Å². The van der Waals surface area contributed by atoms with E-state index in [1.165, 1.54) is 65.9 Å². The number of fused-ring (bicyclic) bond motifs is 6. The number of hydrogen-bond acceptors (Lipinski definition) is 1. The molecule has 9 aromatic carbocycles. The molecule has 0 bridgehead atoms. The van der Waals surface area contributed by atoms with Gasteiger partial charge in [-0.2, -0.15) is 0 Å². The van der Waals surface area contributed by atoms with E-state index in [0.29, 0.717) is 0 Å². The van der Waals surface area contributed by atoms with E-state index in [1.807, 2.05) is 12.1 Å². The van der Waals surface area contributed by atoms with Crippen molar-refractivity contribution in [3.8, 4) is 67.3 Å². The number of rotatable bonds is 7. The average Bonchev–Trinajstić information content (AvgIpc) is 3.87. The van der Waals surface area contributed by atoms with Gasteiger partial charge in [-0.05, 0) is 100 Å². The first-order valence-electron chi connectivity index (χ1n) is 21.2. The second kappa shape index (κ2) is 14.8. The maximum absolute atomic E-state index is 5.11. The van der Waals surface area contributed by atoms with Crippen molar-refractivity contribution in [2.75, 3.05) is 0 Å². The zero-order valence-electron chi connectivity index (χ0n) is 33.9. The molecule has 0 aliphatic carbocycles. The Morgan fingerprint density at radius 3 is 1.34 bits per heavy atom. The van der Waals surface area contributed by atoms with Gasteiger partial charge in [-0.15, -0.1) is 0 Å². The monoisotopic (exact) mass is 789 g/mol. The highest BCUT2D eigenvalue weighted by molar-refractivity contribution is 6.12. The van der Waals surface area contributed by atoms with Crippen LogP contribution in [0, 0.1) is 0 Å². The molecule has 12 aromatic rings. The van der Waals surface area contributed by atoms with Gasteiger partial charge in [0, 0.05) is 44.0 Å². The maximum atomic E-state index is 5.11. The number of para-hydroxylation sites is 2. The van der Waals surface area contributed by atoms with Gasteiger partial charge in [0.1, 0.15) is 0 Å². The summed E-state index contributed by atoms with van der Waals surface area (Å²) in [5.41, 5.74) is 18.2. The summed E-state index contributed by atoms with van der Waals surface area (Å²) in [6, 6.07) is 85.2. The van der Waals surface area contributed by atoms with Crippen LogP contribution in [0.3, 0.4) is 0 Å². The topological polar surface area (TPSA) is 22.8 Å². The normalized spacial score (nSPS) is 11.5. The summed E-state index contributed by atoms with van der Waals surface area (Å²) in [5, 5.41) is 4.95. The second-order valence-electron chi connectivity index (χ2n) is 16.0. The highest BCUT2D eigenvalue weighted by Crippen LogP contribution is 2.39. The molecule has 0 fully saturated rings. The van der Waals surface area contributed by atoms with Crippen molar-refractivity contribution in [1.29, 1.82) is 0 Å². The minimum absolute atomic E-state index is 0.959. The first-order chi connectivity index (χ1) is 30.7. The van der Waals surface area contributed by atoms with Crippen LogP contribution in [0.15, 0.2) is 237 Å². The minimum Gasteiger partial charge on any atom is -0.309 e. The van der Waals surface area contributed by atoms with Gasteiger partial charge in [-0.1, -0.05) is 170 Å². The van der Waals surface area contributed by atoms with E-state index in [4.69, 9.17) is 4.98 Å². The quantitative estimate of drug-likeness (QED) is 0.158. The van der Waals surface area contributed by atoms with Crippen LogP contribution in [0.5, 0.6) is 0 Å². The molecule has 0 unspecified atom stereocenters. The van der Waals surface area contributed by atoms with Gasteiger partial charge >= 0.3 is 0 Å². The molecule has 0 saturated heterocycles. The Hall–Kier alpha value is -8.27. The number of aromatic nitrogens is 3. The lowest BCUT2D eigenvalue weighted by molar-refractivity contribution is 1.18. The lowest BCUT2D eigenvalue weighted by Gasteiger charge is -2.13. The summed E-state index contributed by atoms with van der Waals surface area (Å²) in [7, 11) is 0. The molecule has 3 nitrogen and oxygen atoms in total. The molecule has 0 amide bonds. The summed E-state index contributed by atoms with van der Waals surface area (Å²) in [6.07, 6.45) is 0. The molecule has 0 aliphatic rings. The van der Waals surface area contributed by atoms with Gasteiger partial charge in [0.15, 0.2) is 0 Å². The van der Waals surface area contributed by atoms with Crippen molar-refractivity contribution in [3.63, 3.8) is 0 Å². The van der Waals surface area contributed by atoms with Crippen LogP contribution in [0.1, 0.15) is 0 Å². The molecule has 3 aromatic heterocycles. The number of hydrogen-bond donors (Lipinski definition) is 0. The van der Waals surface area contributed by atoms with Crippen molar-refractivity contribution in [3.05, 3.63) is 237 Å². The van der Waals surface area contributed by atoms with Gasteiger partial charge in [-0.25, -0.2) is 4.98 Å². The summed E-state index contributed by atoms with van der Waals surface area (Å²) in [5.74, 6) is 0. The first kappa shape index (κ1) is 35.7. The van der Waals surface area contributed by atoms with E-state index in [2.05, 4.69) is 234 Å². The molecular formula is C59H39N3. The molecule has 3 heteroatoms. The third-order valence-corrected chi connectivity index (χ3v) is 12.3.